The minimum Gasteiger partial charge on any atom is -0.465 e. The maximum Gasteiger partial charge on any atom is 0.323 e. The molecule has 0 saturated heterocycles. The monoisotopic (exact) mass is 269 g/mol. The predicted octanol–water partition coefficient (Wildman–Crippen LogP) is 2.15. The molecule has 1 aliphatic rings. The number of carbonyl (C=O) groups is 1. The van der Waals surface area contributed by atoms with Gasteiger partial charge in [-0.15, -0.1) is 0 Å². The van der Waals surface area contributed by atoms with E-state index < -0.39 is 0 Å². The van der Waals surface area contributed by atoms with Gasteiger partial charge in [0, 0.05) is 13.7 Å². The van der Waals surface area contributed by atoms with Crippen LogP contribution in [0, 0.1) is 11.8 Å². The van der Waals surface area contributed by atoms with Crippen LogP contribution in [0.1, 0.15) is 33.6 Å². The van der Waals surface area contributed by atoms with Crippen LogP contribution in [0.15, 0.2) is 11.6 Å². The summed E-state index contributed by atoms with van der Waals surface area (Å²) in [6.45, 7) is 7.89. The first-order chi connectivity index (χ1) is 9.08. The van der Waals surface area contributed by atoms with Crippen molar-refractivity contribution in [2.45, 2.75) is 39.7 Å². The third-order valence-electron chi connectivity index (χ3n) is 3.51. The van der Waals surface area contributed by atoms with Gasteiger partial charge in [-0.1, -0.05) is 18.6 Å². The Bertz CT molecular complexity index is 315. The molecule has 0 bridgehead atoms. The molecule has 0 aromatic rings. The SMILES string of the molecule is CCOC(=O)C(NCCOC)C1CC(C)=CC(C)C1. The van der Waals surface area contributed by atoms with Gasteiger partial charge >= 0.3 is 5.97 Å². The average molecular weight is 269 g/mol. The summed E-state index contributed by atoms with van der Waals surface area (Å²) in [5.41, 5.74) is 1.37. The van der Waals surface area contributed by atoms with Crippen LogP contribution in [-0.4, -0.2) is 38.9 Å². The van der Waals surface area contributed by atoms with Crippen LogP contribution in [0.25, 0.3) is 0 Å². The zero-order valence-corrected chi connectivity index (χ0v) is 12.6. The molecule has 1 aliphatic carbocycles. The lowest BCUT2D eigenvalue weighted by Crippen LogP contribution is -2.46. The highest BCUT2D eigenvalue weighted by Crippen LogP contribution is 2.30. The molecule has 0 spiro atoms. The molecule has 0 aromatic heterocycles. The first-order valence-corrected chi connectivity index (χ1v) is 7.14. The molecule has 1 N–H and O–H groups in total. The van der Waals surface area contributed by atoms with Gasteiger partial charge in [0.25, 0.3) is 0 Å². The van der Waals surface area contributed by atoms with E-state index in [-0.39, 0.29) is 12.0 Å². The Balaban J connectivity index is 2.66. The Morgan fingerprint density at radius 2 is 2.32 bits per heavy atom. The van der Waals surface area contributed by atoms with Gasteiger partial charge in [0.1, 0.15) is 6.04 Å². The standard InChI is InChI=1S/C15H27NO3/c1-5-19-15(17)14(16-6-7-18-4)13-9-11(2)8-12(3)10-13/h8,11,13-14,16H,5-7,9-10H2,1-4H3. The molecule has 1 rings (SSSR count). The third-order valence-corrected chi connectivity index (χ3v) is 3.51. The van der Waals surface area contributed by atoms with Gasteiger partial charge in [0.05, 0.1) is 13.2 Å². The summed E-state index contributed by atoms with van der Waals surface area (Å²) >= 11 is 0. The fraction of sp³-hybridized carbons (Fsp3) is 0.800. The highest BCUT2D eigenvalue weighted by molar-refractivity contribution is 5.76. The number of carbonyl (C=O) groups excluding carboxylic acids is 1. The molecule has 0 radical (unpaired) electrons. The Morgan fingerprint density at radius 1 is 1.58 bits per heavy atom. The van der Waals surface area contributed by atoms with Crippen LogP contribution in [-0.2, 0) is 14.3 Å². The maximum atomic E-state index is 12.1. The molecule has 0 heterocycles. The van der Waals surface area contributed by atoms with E-state index in [1.807, 2.05) is 6.92 Å². The van der Waals surface area contributed by atoms with Crippen molar-refractivity contribution in [3.8, 4) is 0 Å². The lowest BCUT2D eigenvalue weighted by atomic mass is 9.79. The largest absolute Gasteiger partial charge is 0.465 e. The lowest BCUT2D eigenvalue weighted by molar-refractivity contribution is -0.147. The molecule has 3 atom stereocenters. The van der Waals surface area contributed by atoms with E-state index in [4.69, 9.17) is 9.47 Å². The molecule has 0 aliphatic heterocycles. The van der Waals surface area contributed by atoms with Crippen LogP contribution in [0.2, 0.25) is 0 Å². The summed E-state index contributed by atoms with van der Waals surface area (Å²) in [5.74, 6) is 0.710. The van der Waals surface area contributed by atoms with E-state index >= 15 is 0 Å². The third kappa shape index (κ3) is 5.33. The smallest absolute Gasteiger partial charge is 0.323 e. The van der Waals surface area contributed by atoms with E-state index in [1.165, 1.54) is 5.57 Å². The van der Waals surface area contributed by atoms with Gasteiger partial charge in [0.15, 0.2) is 0 Å². The Labute approximate surface area is 116 Å². The molecule has 0 fully saturated rings. The maximum absolute atomic E-state index is 12.1. The van der Waals surface area contributed by atoms with Gasteiger partial charge in [-0.3, -0.25) is 4.79 Å². The first-order valence-electron chi connectivity index (χ1n) is 7.14. The first kappa shape index (κ1) is 16.2. The molecule has 4 heteroatoms. The topological polar surface area (TPSA) is 47.6 Å². The number of ether oxygens (including phenoxy) is 2. The van der Waals surface area contributed by atoms with Crippen molar-refractivity contribution in [3.05, 3.63) is 11.6 Å². The molecule has 3 unspecified atom stereocenters. The number of rotatable bonds is 7. The minimum atomic E-state index is -0.221. The van der Waals surface area contributed by atoms with Crippen molar-refractivity contribution in [2.24, 2.45) is 11.8 Å². The van der Waals surface area contributed by atoms with Crippen molar-refractivity contribution in [1.29, 1.82) is 0 Å². The second kappa shape index (κ2) is 8.33. The quantitative estimate of drug-likeness (QED) is 0.437. The lowest BCUT2D eigenvalue weighted by Gasteiger charge is -2.31. The summed E-state index contributed by atoms with van der Waals surface area (Å²) in [4.78, 5) is 12.1. The Kier molecular flexibility index (Phi) is 7.10. The zero-order chi connectivity index (χ0) is 14.3. The minimum absolute atomic E-state index is 0.134. The number of hydrogen-bond donors (Lipinski definition) is 1. The van der Waals surface area contributed by atoms with E-state index in [0.29, 0.717) is 31.6 Å². The number of methoxy groups -OCH3 is 1. The van der Waals surface area contributed by atoms with Gasteiger partial charge < -0.3 is 14.8 Å². The Hall–Kier alpha value is -0.870. The van der Waals surface area contributed by atoms with E-state index in [9.17, 15) is 4.79 Å². The molecule has 4 nitrogen and oxygen atoms in total. The number of hydrogen-bond acceptors (Lipinski definition) is 4. The summed E-state index contributed by atoms with van der Waals surface area (Å²) in [7, 11) is 1.66. The summed E-state index contributed by atoms with van der Waals surface area (Å²) in [5, 5.41) is 3.29. The van der Waals surface area contributed by atoms with Crippen molar-refractivity contribution < 1.29 is 14.3 Å². The fourth-order valence-corrected chi connectivity index (χ4v) is 2.84. The number of esters is 1. The molecule has 0 aromatic carbocycles. The predicted molar refractivity (Wildman–Crippen MR) is 75.9 cm³/mol. The van der Waals surface area contributed by atoms with E-state index in [0.717, 1.165) is 12.8 Å². The normalized spacial score (nSPS) is 24.7. The van der Waals surface area contributed by atoms with Crippen LogP contribution < -0.4 is 5.32 Å². The zero-order valence-electron chi connectivity index (χ0n) is 12.6. The molecular weight excluding hydrogens is 242 g/mol. The van der Waals surface area contributed by atoms with Crippen molar-refractivity contribution in [2.75, 3.05) is 26.9 Å². The van der Waals surface area contributed by atoms with Crippen LogP contribution in [0.3, 0.4) is 0 Å². The van der Waals surface area contributed by atoms with Gasteiger partial charge in [-0.2, -0.15) is 0 Å². The molecule has 0 amide bonds. The molecule has 0 saturated carbocycles. The highest BCUT2D eigenvalue weighted by Gasteiger charge is 2.31. The van der Waals surface area contributed by atoms with Gasteiger partial charge in [-0.25, -0.2) is 0 Å². The van der Waals surface area contributed by atoms with Crippen molar-refractivity contribution in [1.82, 2.24) is 5.32 Å². The Morgan fingerprint density at radius 3 is 2.89 bits per heavy atom. The molecule has 110 valence electrons. The second-order valence-corrected chi connectivity index (χ2v) is 5.37. The highest BCUT2D eigenvalue weighted by atomic mass is 16.5. The number of allylic oxidation sites excluding steroid dienone is 2. The van der Waals surface area contributed by atoms with Gasteiger partial charge in [0.2, 0.25) is 0 Å². The summed E-state index contributed by atoms with van der Waals surface area (Å²) in [6.07, 6.45) is 4.29. The van der Waals surface area contributed by atoms with Crippen LogP contribution in [0.5, 0.6) is 0 Å². The summed E-state index contributed by atoms with van der Waals surface area (Å²) < 4.78 is 10.2. The van der Waals surface area contributed by atoms with Crippen LogP contribution >= 0.6 is 0 Å². The number of nitrogens with one attached hydrogen (secondary N) is 1. The molecular formula is C15H27NO3. The second-order valence-electron chi connectivity index (χ2n) is 5.37. The van der Waals surface area contributed by atoms with E-state index in [1.54, 1.807) is 7.11 Å². The van der Waals surface area contributed by atoms with E-state index in [2.05, 4.69) is 25.2 Å². The fourth-order valence-electron chi connectivity index (χ4n) is 2.84. The summed E-state index contributed by atoms with van der Waals surface area (Å²) in [6, 6.07) is -0.221. The average Bonchev–Trinajstić information content (AvgIpc) is 2.33. The van der Waals surface area contributed by atoms with Crippen molar-refractivity contribution in [3.63, 3.8) is 0 Å². The molecule has 19 heavy (non-hydrogen) atoms. The van der Waals surface area contributed by atoms with Crippen LogP contribution in [0.4, 0.5) is 0 Å². The van der Waals surface area contributed by atoms with Gasteiger partial charge in [-0.05, 0) is 38.5 Å². The van der Waals surface area contributed by atoms with Crippen molar-refractivity contribution >= 4 is 5.97 Å².